The number of nitrogens with zero attached hydrogens (tertiary/aromatic N) is 2. The fourth-order valence-electron chi connectivity index (χ4n) is 3.91. The van der Waals surface area contributed by atoms with E-state index in [1.165, 1.54) is 37.3 Å². The Balaban J connectivity index is 1.74. The molecule has 2 aromatic carbocycles. The van der Waals surface area contributed by atoms with Gasteiger partial charge in [0, 0.05) is 11.8 Å². The molecule has 1 aromatic heterocycles. The molecule has 166 valence electrons. The Morgan fingerprint density at radius 2 is 1.75 bits per heavy atom. The van der Waals surface area contributed by atoms with Crippen LogP contribution in [0.3, 0.4) is 0 Å². The lowest BCUT2D eigenvalue weighted by atomic mass is 9.71. The molecule has 4 rings (SSSR count). The van der Waals surface area contributed by atoms with E-state index >= 15 is 0 Å². The Kier molecular flexibility index (Phi) is 5.36. The van der Waals surface area contributed by atoms with Crippen LogP contribution >= 0.6 is 0 Å². The van der Waals surface area contributed by atoms with Crippen molar-refractivity contribution in [3.05, 3.63) is 93.2 Å². The van der Waals surface area contributed by atoms with E-state index in [1.807, 2.05) is 0 Å². The highest BCUT2D eigenvalue weighted by atomic mass is 19.4. The van der Waals surface area contributed by atoms with Crippen LogP contribution in [0.25, 0.3) is 5.69 Å². The maximum atomic E-state index is 13.5. The molecule has 32 heavy (non-hydrogen) atoms. The zero-order valence-corrected chi connectivity index (χ0v) is 17.0. The quantitative estimate of drug-likeness (QED) is 0.601. The molecule has 1 amide bonds. The average Bonchev–Trinajstić information content (AvgIpc) is 2.71. The van der Waals surface area contributed by atoms with Crippen LogP contribution in [0.1, 0.15) is 46.6 Å². The van der Waals surface area contributed by atoms with Crippen LogP contribution in [0.4, 0.5) is 17.6 Å². The maximum absolute atomic E-state index is 13.5. The van der Waals surface area contributed by atoms with Gasteiger partial charge in [0.1, 0.15) is 5.82 Å². The zero-order chi connectivity index (χ0) is 23.1. The summed E-state index contributed by atoms with van der Waals surface area (Å²) in [5.74, 6) is -1.21. The number of alkyl halides is 3. The van der Waals surface area contributed by atoms with Crippen molar-refractivity contribution < 1.29 is 22.4 Å². The maximum Gasteiger partial charge on any atom is 0.418 e. The van der Waals surface area contributed by atoms with Gasteiger partial charge < -0.3 is 5.32 Å². The molecule has 9 heteroatoms. The van der Waals surface area contributed by atoms with E-state index in [-0.39, 0.29) is 11.4 Å². The van der Waals surface area contributed by atoms with Crippen LogP contribution in [-0.2, 0) is 11.7 Å². The number of aromatic nitrogens is 2. The van der Waals surface area contributed by atoms with E-state index in [9.17, 15) is 27.2 Å². The number of aryl methyl sites for hydroxylation is 1. The molecular formula is C23H19F4N3O2. The van der Waals surface area contributed by atoms with Crippen LogP contribution in [0, 0.1) is 12.7 Å². The smallest absolute Gasteiger partial charge is 0.341 e. The molecule has 0 radical (unpaired) electrons. The lowest BCUT2D eigenvalue weighted by Crippen LogP contribution is -2.52. The molecule has 0 bridgehead atoms. The topological polar surface area (TPSA) is 64.0 Å². The molecule has 0 atom stereocenters. The molecule has 5 nitrogen and oxygen atoms in total. The van der Waals surface area contributed by atoms with Gasteiger partial charge in [-0.1, -0.05) is 24.3 Å². The Morgan fingerprint density at radius 1 is 1.09 bits per heavy atom. The number of benzene rings is 2. The van der Waals surface area contributed by atoms with E-state index in [1.54, 1.807) is 12.1 Å². The Hall–Kier alpha value is -3.49. The fraction of sp³-hybridized carbons (Fsp3) is 0.261. The summed E-state index contributed by atoms with van der Waals surface area (Å²) >= 11 is 0. The number of carbonyl (C=O) groups is 1. The van der Waals surface area contributed by atoms with Gasteiger partial charge in [-0.15, -0.1) is 0 Å². The van der Waals surface area contributed by atoms with Crippen molar-refractivity contribution in [2.45, 2.75) is 37.9 Å². The zero-order valence-electron chi connectivity index (χ0n) is 17.0. The highest BCUT2D eigenvalue weighted by Crippen LogP contribution is 2.41. The molecular weight excluding hydrogens is 426 g/mol. The van der Waals surface area contributed by atoms with Crippen molar-refractivity contribution >= 4 is 5.91 Å². The minimum Gasteiger partial charge on any atom is -0.341 e. The summed E-state index contributed by atoms with van der Waals surface area (Å²) in [4.78, 5) is 25.5. The number of rotatable bonds is 4. The number of hydrogen-bond acceptors (Lipinski definition) is 3. The monoisotopic (exact) mass is 445 g/mol. The van der Waals surface area contributed by atoms with Crippen molar-refractivity contribution in [1.29, 1.82) is 0 Å². The third-order valence-corrected chi connectivity index (χ3v) is 5.72. The van der Waals surface area contributed by atoms with Crippen molar-refractivity contribution in [2.24, 2.45) is 0 Å². The first-order valence-electron chi connectivity index (χ1n) is 9.97. The highest BCUT2D eigenvalue weighted by molar-refractivity contribution is 5.92. The predicted molar refractivity (Wildman–Crippen MR) is 109 cm³/mol. The number of halogens is 4. The Bertz CT molecular complexity index is 1230. The summed E-state index contributed by atoms with van der Waals surface area (Å²) < 4.78 is 54.7. The third-order valence-electron chi connectivity index (χ3n) is 5.72. The highest BCUT2D eigenvalue weighted by Gasteiger charge is 2.41. The van der Waals surface area contributed by atoms with Crippen LogP contribution < -0.4 is 10.7 Å². The molecule has 0 saturated heterocycles. The number of amides is 1. The normalized spacial score (nSPS) is 15.2. The molecule has 1 saturated carbocycles. The summed E-state index contributed by atoms with van der Waals surface area (Å²) in [6, 6.07) is 11.6. The lowest BCUT2D eigenvalue weighted by Gasteiger charge is -2.43. The molecule has 1 aliphatic carbocycles. The van der Waals surface area contributed by atoms with Gasteiger partial charge in [0.25, 0.3) is 5.91 Å². The van der Waals surface area contributed by atoms with Gasteiger partial charge in [0.05, 0.1) is 16.8 Å². The Morgan fingerprint density at radius 3 is 2.34 bits per heavy atom. The van der Waals surface area contributed by atoms with Gasteiger partial charge in [-0.2, -0.15) is 18.3 Å². The molecule has 1 fully saturated rings. The van der Waals surface area contributed by atoms with E-state index in [0.717, 1.165) is 23.2 Å². The molecule has 0 unspecified atom stereocenters. The Labute approximate surface area is 180 Å². The number of para-hydroxylation sites is 1. The second-order valence-electron chi connectivity index (χ2n) is 7.82. The second kappa shape index (κ2) is 7.89. The van der Waals surface area contributed by atoms with E-state index in [4.69, 9.17) is 0 Å². The first-order chi connectivity index (χ1) is 15.1. The largest absolute Gasteiger partial charge is 0.418 e. The lowest BCUT2D eigenvalue weighted by molar-refractivity contribution is -0.137. The van der Waals surface area contributed by atoms with Gasteiger partial charge in [0.2, 0.25) is 5.43 Å². The van der Waals surface area contributed by atoms with Gasteiger partial charge in [0.15, 0.2) is 5.69 Å². The second-order valence-corrected chi connectivity index (χ2v) is 7.82. The molecule has 0 aliphatic heterocycles. The standard InChI is InChI=1S/C23H19F4N3O2/c1-14-13-19(31)20(29-30(14)18-6-3-2-5-17(18)23(25,26)27)21(32)28-22(11-4-12-22)15-7-9-16(24)10-8-15/h2-3,5-10,13H,4,11-12H2,1H3,(H,28,32). The number of nitrogens with one attached hydrogen (secondary N) is 1. The average molecular weight is 445 g/mol. The first-order valence-corrected chi connectivity index (χ1v) is 9.97. The molecule has 0 spiro atoms. The number of carbonyl (C=O) groups excluding carboxylic acids is 1. The molecule has 1 N–H and O–H groups in total. The van der Waals surface area contributed by atoms with Gasteiger partial charge in [-0.3, -0.25) is 9.59 Å². The molecule has 1 heterocycles. The minimum atomic E-state index is -4.64. The van der Waals surface area contributed by atoms with Crippen molar-refractivity contribution in [3.8, 4) is 5.69 Å². The van der Waals surface area contributed by atoms with Gasteiger partial charge in [-0.25, -0.2) is 9.07 Å². The molecule has 3 aromatic rings. The van der Waals surface area contributed by atoms with Crippen molar-refractivity contribution in [1.82, 2.24) is 15.1 Å². The van der Waals surface area contributed by atoms with E-state index < -0.39 is 40.1 Å². The summed E-state index contributed by atoms with van der Waals surface area (Å²) in [6.07, 6.45) is -2.65. The third kappa shape index (κ3) is 3.90. The predicted octanol–water partition coefficient (Wildman–Crippen LogP) is 4.51. The van der Waals surface area contributed by atoms with Gasteiger partial charge in [-0.05, 0) is 56.0 Å². The van der Waals surface area contributed by atoms with Crippen LogP contribution in [0.2, 0.25) is 0 Å². The van der Waals surface area contributed by atoms with Crippen LogP contribution in [0.5, 0.6) is 0 Å². The van der Waals surface area contributed by atoms with E-state index in [2.05, 4.69) is 10.4 Å². The summed E-state index contributed by atoms with van der Waals surface area (Å²) in [5.41, 5.74) is -2.38. The van der Waals surface area contributed by atoms with Gasteiger partial charge >= 0.3 is 6.18 Å². The number of hydrogen-bond donors (Lipinski definition) is 1. The minimum absolute atomic E-state index is 0.153. The SMILES string of the molecule is Cc1cc(=O)c(C(=O)NC2(c3ccc(F)cc3)CCC2)nn1-c1ccccc1C(F)(F)F. The summed E-state index contributed by atoms with van der Waals surface area (Å²) in [5, 5.41) is 6.80. The van der Waals surface area contributed by atoms with Crippen molar-refractivity contribution in [2.75, 3.05) is 0 Å². The molecule has 1 aliphatic rings. The summed E-state index contributed by atoms with van der Waals surface area (Å²) in [7, 11) is 0. The van der Waals surface area contributed by atoms with E-state index in [0.29, 0.717) is 18.4 Å². The van der Waals surface area contributed by atoms with Crippen molar-refractivity contribution in [3.63, 3.8) is 0 Å². The van der Waals surface area contributed by atoms with Crippen LogP contribution in [-0.4, -0.2) is 15.7 Å². The van der Waals surface area contributed by atoms with Crippen LogP contribution in [0.15, 0.2) is 59.4 Å². The first kappa shape index (κ1) is 21.7. The fourth-order valence-corrected chi connectivity index (χ4v) is 3.91. The summed E-state index contributed by atoms with van der Waals surface area (Å²) in [6.45, 7) is 1.44.